The Morgan fingerprint density at radius 2 is 2.06 bits per heavy atom. The molecule has 0 spiro atoms. The van der Waals surface area contributed by atoms with Crippen molar-refractivity contribution in [2.45, 2.75) is 25.7 Å². The van der Waals surface area contributed by atoms with Crippen molar-refractivity contribution < 1.29 is 13.8 Å². The molecule has 9 nitrogen and oxygen atoms in total. The summed E-state index contributed by atoms with van der Waals surface area (Å²) in [7, 11) is 1.53. The SMILES string of the molecule is C/C(=C(\ON)c1c(C2CC2)cccc1-n1nnn(C)c1=O)c1noc2cc(F)ccc12. The van der Waals surface area contributed by atoms with Crippen molar-refractivity contribution in [1.82, 2.24) is 24.9 Å². The van der Waals surface area contributed by atoms with E-state index in [9.17, 15) is 9.18 Å². The molecule has 0 amide bonds. The minimum Gasteiger partial charge on any atom is -0.410 e. The van der Waals surface area contributed by atoms with E-state index in [1.54, 1.807) is 19.1 Å². The third kappa shape index (κ3) is 3.12. The highest BCUT2D eigenvalue weighted by Gasteiger charge is 2.31. The molecule has 2 aromatic heterocycles. The molecule has 1 aliphatic carbocycles. The lowest BCUT2D eigenvalue weighted by molar-refractivity contribution is 0.291. The van der Waals surface area contributed by atoms with Crippen molar-refractivity contribution in [3.8, 4) is 5.69 Å². The molecule has 10 heteroatoms. The standard InChI is InChI=1S/C21H19FN6O3/c1-11(19-15-9-8-13(22)10-17(15)31-24-19)20(30-23)18-14(12-6-7-12)4-3-5-16(18)28-21(29)27(2)25-26-28/h3-5,8-10,12H,6-7,23H2,1-2H3/b20-11+. The molecule has 31 heavy (non-hydrogen) atoms. The van der Waals surface area contributed by atoms with E-state index in [0.717, 1.165) is 23.1 Å². The van der Waals surface area contributed by atoms with E-state index in [1.807, 2.05) is 12.1 Å². The summed E-state index contributed by atoms with van der Waals surface area (Å²) in [6.45, 7) is 1.79. The Morgan fingerprint density at radius 3 is 2.74 bits per heavy atom. The Bertz CT molecular complexity index is 1400. The van der Waals surface area contributed by atoms with E-state index >= 15 is 0 Å². The van der Waals surface area contributed by atoms with Crippen LogP contribution in [0.5, 0.6) is 0 Å². The second kappa shape index (κ2) is 7.17. The number of fused-ring (bicyclic) bond motifs is 1. The third-order valence-corrected chi connectivity index (χ3v) is 5.52. The summed E-state index contributed by atoms with van der Waals surface area (Å²) in [6, 6.07) is 9.81. The van der Waals surface area contributed by atoms with Crippen LogP contribution in [0, 0.1) is 5.82 Å². The van der Waals surface area contributed by atoms with Gasteiger partial charge in [0.15, 0.2) is 11.3 Å². The molecule has 4 aromatic rings. The fraction of sp³-hybridized carbons (Fsp3) is 0.238. The second-order valence-electron chi connectivity index (χ2n) is 7.56. The molecule has 2 N–H and O–H groups in total. The maximum Gasteiger partial charge on any atom is 0.368 e. The van der Waals surface area contributed by atoms with Gasteiger partial charge in [0.05, 0.1) is 5.69 Å². The summed E-state index contributed by atoms with van der Waals surface area (Å²) in [6.07, 6.45) is 2.05. The number of hydrogen-bond acceptors (Lipinski definition) is 7. The first-order valence-corrected chi connectivity index (χ1v) is 9.75. The van der Waals surface area contributed by atoms with Crippen LogP contribution in [0.1, 0.15) is 42.5 Å². The van der Waals surface area contributed by atoms with Gasteiger partial charge in [0.25, 0.3) is 0 Å². The molecule has 5 rings (SSSR count). The number of rotatable bonds is 5. The molecule has 0 radical (unpaired) electrons. The van der Waals surface area contributed by atoms with Crippen molar-refractivity contribution in [3.63, 3.8) is 0 Å². The number of aromatic nitrogens is 5. The lowest BCUT2D eigenvalue weighted by atomic mass is 9.96. The van der Waals surface area contributed by atoms with E-state index < -0.39 is 11.5 Å². The van der Waals surface area contributed by atoms with E-state index in [0.29, 0.717) is 45.2 Å². The predicted molar refractivity (Wildman–Crippen MR) is 110 cm³/mol. The van der Waals surface area contributed by atoms with E-state index in [2.05, 4.69) is 15.6 Å². The molecule has 2 heterocycles. The van der Waals surface area contributed by atoms with Crippen molar-refractivity contribution in [2.75, 3.05) is 0 Å². The summed E-state index contributed by atoms with van der Waals surface area (Å²) in [5.74, 6) is 5.98. The number of hydrogen-bond donors (Lipinski definition) is 1. The minimum absolute atomic E-state index is 0.312. The van der Waals surface area contributed by atoms with Gasteiger partial charge in [-0.05, 0) is 59.9 Å². The molecule has 0 atom stereocenters. The largest absolute Gasteiger partial charge is 0.410 e. The van der Waals surface area contributed by atoms with Gasteiger partial charge in [-0.1, -0.05) is 17.3 Å². The average molecular weight is 422 g/mol. The molecule has 1 aliphatic rings. The number of allylic oxidation sites excluding steroid dienone is 1. The molecule has 0 unspecified atom stereocenters. The smallest absolute Gasteiger partial charge is 0.368 e. The normalized spacial score (nSPS) is 14.7. The number of benzene rings is 2. The first-order valence-electron chi connectivity index (χ1n) is 9.75. The van der Waals surface area contributed by atoms with Crippen LogP contribution in [0.3, 0.4) is 0 Å². The predicted octanol–water partition coefficient (Wildman–Crippen LogP) is 2.90. The van der Waals surface area contributed by atoms with Gasteiger partial charge in [-0.15, -0.1) is 0 Å². The zero-order chi connectivity index (χ0) is 21.7. The van der Waals surface area contributed by atoms with Crippen LogP contribution < -0.4 is 11.6 Å². The second-order valence-corrected chi connectivity index (χ2v) is 7.56. The molecule has 158 valence electrons. The molecular weight excluding hydrogens is 403 g/mol. The Labute approximate surface area is 175 Å². The molecule has 0 bridgehead atoms. The molecule has 2 aromatic carbocycles. The number of tetrazole rings is 1. The van der Waals surface area contributed by atoms with Crippen LogP contribution in [0.15, 0.2) is 45.7 Å². The first kappa shape index (κ1) is 19.2. The number of halogens is 1. The lowest BCUT2D eigenvalue weighted by Crippen LogP contribution is -2.23. The highest BCUT2D eigenvalue weighted by Crippen LogP contribution is 2.46. The van der Waals surface area contributed by atoms with Crippen LogP contribution in [0.4, 0.5) is 4.39 Å². The quantitative estimate of drug-likeness (QED) is 0.388. The lowest BCUT2D eigenvalue weighted by Gasteiger charge is -2.17. The van der Waals surface area contributed by atoms with E-state index in [-0.39, 0.29) is 0 Å². The van der Waals surface area contributed by atoms with Gasteiger partial charge in [0, 0.05) is 29.6 Å². The maximum atomic E-state index is 13.6. The Kier molecular flexibility index (Phi) is 4.44. The summed E-state index contributed by atoms with van der Waals surface area (Å²) in [5.41, 5.74) is 3.11. The van der Waals surface area contributed by atoms with Gasteiger partial charge in [-0.25, -0.2) is 9.18 Å². The summed E-state index contributed by atoms with van der Waals surface area (Å²) in [4.78, 5) is 18.0. The van der Waals surface area contributed by atoms with Gasteiger partial charge >= 0.3 is 5.69 Å². The van der Waals surface area contributed by atoms with E-state index in [1.165, 1.54) is 23.9 Å². The number of aryl methyl sites for hydroxylation is 1. The average Bonchev–Trinajstić information content (AvgIpc) is 3.45. The van der Waals surface area contributed by atoms with Gasteiger partial charge < -0.3 is 9.36 Å². The zero-order valence-corrected chi connectivity index (χ0v) is 16.9. The van der Waals surface area contributed by atoms with Gasteiger partial charge in [0.2, 0.25) is 0 Å². The molecule has 0 aliphatic heterocycles. The van der Waals surface area contributed by atoms with Crippen molar-refractivity contribution in [3.05, 3.63) is 69.5 Å². The van der Waals surface area contributed by atoms with Gasteiger partial charge in [-0.3, -0.25) is 0 Å². The van der Waals surface area contributed by atoms with Gasteiger partial charge in [0.1, 0.15) is 11.5 Å². The van der Waals surface area contributed by atoms with Crippen molar-refractivity contribution >= 4 is 22.3 Å². The fourth-order valence-electron chi connectivity index (χ4n) is 3.80. The maximum absolute atomic E-state index is 13.6. The molecular formula is C21H19FN6O3. The molecule has 0 saturated heterocycles. The number of nitrogens with two attached hydrogens (primary N) is 1. The van der Waals surface area contributed by atoms with Crippen LogP contribution in [-0.2, 0) is 11.9 Å². The minimum atomic E-state index is -0.421. The zero-order valence-electron chi connectivity index (χ0n) is 16.9. The molecule has 1 fully saturated rings. The van der Waals surface area contributed by atoms with E-state index in [4.69, 9.17) is 15.3 Å². The first-order chi connectivity index (χ1) is 15.0. The summed E-state index contributed by atoms with van der Waals surface area (Å²) >= 11 is 0. The summed E-state index contributed by atoms with van der Waals surface area (Å²) in [5, 5.41) is 12.5. The Hall–Kier alpha value is -3.79. The topological polar surface area (TPSA) is 114 Å². The Morgan fingerprint density at radius 1 is 1.26 bits per heavy atom. The highest BCUT2D eigenvalue weighted by atomic mass is 19.1. The Balaban J connectivity index is 1.79. The van der Waals surface area contributed by atoms with Crippen molar-refractivity contribution in [1.29, 1.82) is 0 Å². The summed E-state index contributed by atoms with van der Waals surface area (Å²) < 4.78 is 21.2. The number of nitrogens with zero attached hydrogens (tertiary/aromatic N) is 5. The van der Waals surface area contributed by atoms with Crippen LogP contribution >= 0.6 is 0 Å². The third-order valence-electron chi connectivity index (χ3n) is 5.52. The van der Waals surface area contributed by atoms with Crippen molar-refractivity contribution in [2.24, 2.45) is 12.9 Å². The monoisotopic (exact) mass is 422 g/mol. The van der Waals surface area contributed by atoms with Crippen LogP contribution in [-0.4, -0.2) is 24.9 Å². The fourth-order valence-corrected chi connectivity index (χ4v) is 3.80. The van der Waals surface area contributed by atoms with Crippen LogP contribution in [0.25, 0.3) is 28.0 Å². The highest BCUT2D eigenvalue weighted by molar-refractivity contribution is 5.97. The van der Waals surface area contributed by atoms with Crippen LogP contribution in [0.2, 0.25) is 0 Å². The van der Waals surface area contributed by atoms with Gasteiger partial charge in [-0.2, -0.15) is 15.3 Å². The molecule has 1 saturated carbocycles.